The van der Waals surface area contributed by atoms with Crippen LogP contribution in [0.1, 0.15) is 81.7 Å². The minimum atomic E-state index is -1.71. The lowest BCUT2D eigenvalue weighted by molar-refractivity contribution is -0.198. The summed E-state index contributed by atoms with van der Waals surface area (Å²) in [4.78, 5) is 43.4. The first-order chi connectivity index (χ1) is 17.1. The number of carboxylic acid groups (broad SMARTS) is 1. The van der Waals surface area contributed by atoms with E-state index in [1.54, 1.807) is 26.8 Å². The maximum atomic E-state index is 13.4. The number of Topliss-reactive ketones (excluding diaryl/α,β-unsaturated/α-hetero) is 1. The SMILES string of the molecule is CCCC(=O)C(c1cccc(-c2c(C)cc(C)cc2C)n1)C(OCC)OC(=O)C(CC)(CC)C(=O)O. The fraction of sp³-hybridized carbons (Fsp3) is 0.517. The van der Waals surface area contributed by atoms with E-state index in [1.165, 1.54) is 0 Å². The molecule has 2 unspecified atom stereocenters. The highest BCUT2D eigenvalue weighted by molar-refractivity contribution is 5.99. The van der Waals surface area contributed by atoms with Crippen molar-refractivity contribution in [2.45, 2.75) is 86.4 Å². The number of carbonyl (C=O) groups excluding carboxylic acids is 2. The van der Waals surface area contributed by atoms with Gasteiger partial charge < -0.3 is 14.6 Å². The summed E-state index contributed by atoms with van der Waals surface area (Å²) in [6, 6.07) is 9.61. The summed E-state index contributed by atoms with van der Waals surface area (Å²) in [5, 5.41) is 9.80. The zero-order valence-corrected chi connectivity index (χ0v) is 22.5. The Labute approximate surface area is 214 Å². The summed E-state index contributed by atoms with van der Waals surface area (Å²) < 4.78 is 11.5. The van der Waals surface area contributed by atoms with E-state index >= 15 is 0 Å². The third kappa shape index (κ3) is 6.19. The molecule has 2 atom stereocenters. The van der Waals surface area contributed by atoms with E-state index in [0.717, 1.165) is 22.3 Å². The first-order valence-electron chi connectivity index (χ1n) is 12.7. The predicted molar refractivity (Wildman–Crippen MR) is 139 cm³/mol. The summed E-state index contributed by atoms with van der Waals surface area (Å²) in [7, 11) is 0. The molecule has 1 aromatic carbocycles. The number of esters is 1. The highest BCUT2D eigenvalue weighted by Crippen LogP contribution is 2.34. The smallest absolute Gasteiger partial charge is 0.325 e. The second kappa shape index (κ2) is 12.8. The molecule has 0 aliphatic heterocycles. The number of benzene rings is 1. The van der Waals surface area contributed by atoms with Gasteiger partial charge in [-0.3, -0.25) is 19.4 Å². The van der Waals surface area contributed by atoms with Gasteiger partial charge in [-0.1, -0.05) is 44.5 Å². The molecule has 0 spiro atoms. The first-order valence-corrected chi connectivity index (χ1v) is 12.7. The van der Waals surface area contributed by atoms with E-state index in [-0.39, 0.29) is 31.7 Å². The number of hydrogen-bond donors (Lipinski definition) is 1. The second-order valence-corrected chi connectivity index (χ2v) is 9.24. The summed E-state index contributed by atoms with van der Waals surface area (Å²) in [5.41, 5.74) is 3.69. The largest absolute Gasteiger partial charge is 0.480 e. The number of carbonyl (C=O) groups is 3. The predicted octanol–water partition coefficient (Wildman–Crippen LogP) is 5.92. The summed E-state index contributed by atoms with van der Waals surface area (Å²) in [6.07, 6.45) is -0.332. The fourth-order valence-electron chi connectivity index (χ4n) is 4.72. The van der Waals surface area contributed by atoms with E-state index in [2.05, 4.69) is 12.1 Å². The zero-order valence-electron chi connectivity index (χ0n) is 22.5. The van der Waals surface area contributed by atoms with Crippen LogP contribution in [0.3, 0.4) is 0 Å². The van der Waals surface area contributed by atoms with Crippen LogP contribution in [0.4, 0.5) is 0 Å². The van der Waals surface area contributed by atoms with Gasteiger partial charge in [0, 0.05) is 18.6 Å². The summed E-state index contributed by atoms with van der Waals surface area (Å²) in [5.74, 6) is -3.33. The Hall–Kier alpha value is -3.06. The van der Waals surface area contributed by atoms with E-state index in [1.807, 2.05) is 39.8 Å². The molecule has 1 aromatic heterocycles. The molecule has 7 nitrogen and oxygen atoms in total. The van der Waals surface area contributed by atoms with Crippen LogP contribution in [0.15, 0.2) is 30.3 Å². The Bertz CT molecular complexity index is 1070. The van der Waals surface area contributed by atoms with Crippen LogP contribution in [0, 0.1) is 26.2 Å². The van der Waals surface area contributed by atoms with Crippen LogP contribution in [-0.2, 0) is 23.9 Å². The third-order valence-corrected chi connectivity index (χ3v) is 6.70. The van der Waals surface area contributed by atoms with Crippen molar-refractivity contribution >= 4 is 17.7 Å². The lowest BCUT2D eigenvalue weighted by atomic mass is 9.82. The molecular weight excluding hydrogens is 458 g/mol. The number of aliphatic carboxylic acids is 1. The average molecular weight is 498 g/mol. The monoisotopic (exact) mass is 497 g/mol. The molecule has 1 heterocycles. The number of hydrogen-bond acceptors (Lipinski definition) is 6. The van der Waals surface area contributed by atoms with Gasteiger partial charge in [-0.25, -0.2) is 0 Å². The number of ether oxygens (including phenoxy) is 2. The maximum Gasteiger partial charge on any atom is 0.325 e. The normalized spacial score (nSPS) is 13.2. The van der Waals surface area contributed by atoms with Crippen molar-refractivity contribution in [3.05, 3.63) is 52.7 Å². The van der Waals surface area contributed by atoms with Crippen molar-refractivity contribution in [3.63, 3.8) is 0 Å². The van der Waals surface area contributed by atoms with Gasteiger partial charge >= 0.3 is 11.9 Å². The Balaban J connectivity index is 2.60. The summed E-state index contributed by atoms with van der Waals surface area (Å²) in [6.45, 7) is 13.1. The van der Waals surface area contributed by atoms with Crippen LogP contribution in [0.2, 0.25) is 0 Å². The van der Waals surface area contributed by atoms with Gasteiger partial charge in [0.25, 0.3) is 0 Å². The van der Waals surface area contributed by atoms with Gasteiger partial charge in [-0.15, -0.1) is 0 Å². The van der Waals surface area contributed by atoms with Gasteiger partial charge in [0.2, 0.25) is 6.29 Å². The zero-order chi connectivity index (χ0) is 27.0. The van der Waals surface area contributed by atoms with Crippen molar-refractivity contribution in [3.8, 4) is 11.3 Å². The van der Waals surface area contributed by atoms with E-state index in [0.29, 0.717) is 17.8 Å². The number of carboxylic acids is 1. The molecule has 36 heavy (non-hydrogen) atoms. The highest BCUT2D eigenvalue weighted by atomic mass is 16.7. The number of aryl methyl sites for hydroxylation is 3. The Morgan fingerprint density at radius 3 is 2.11 bits per heavy atom. The average Bonchev–Trinajstić information content (AvgIpc) is 2.80. The minimum absolute atomic E-state index is 0.0593. The molecule has 0 saturated heterocycles. The molecule has 0 amide bonds. The van der Waals surface area contributed by atoms with Gasteiger partial charge in [-0.05, 0) is 70.2 Å². The first kappa shape index (κ1) is 29.2. The quantitative estimate of drug-likeness (QED) is 0.208. The Morgan fingerprint density at radius 2 is 1.61 bits per heavy atom. The Kier molecular flexibility index (Phi) is 10.3. The van der Waals surface area contributed by atoms with Crippen LogP contribution in [0.5, 0.6) is 0 Å². The second-order valence-electron chi connectivity index (χ2n) is 9.24. The van der Waals surface area contributed by atoms with Crippen LogP contribution in [-0.4, -0.2) is 40.7 Å². The van der Waals surface area contributed by atoms with Crippen molar-refractivity contribution < 1.29 is 29.0 Å². The van der Waals surface area contributed by atoms with Crippen molar-refractivity contribution in [1.29, 1.82) is 0 Å². The molecule has 7 heteroatoms. The van der Waals surface area contributed by atoms with Crippen molar-refractivity contribution in [2.24, 2.45) is 5.41 Å². The number of aromatic nitrogens is 1. The molecule has 0 aliphatic carbocycles. The molecule has 0 bridgehead atoms. The molecule has 1 N–H and O–H groups in total. The number of rotatable bonds is 13. The minimum Gasteiger partial charge on any atom is -0.480 e. The molecule has 196 valence electrons. The molecular formula is C29H39NO6. The van der Waals surface area contributed by atoms with Gasteiger partial charge in [-0.2, -0.15) is 0 Å². The number of ketones is 1. The lowest BCUT2D eigenvalue weighted by Gasteiger charge is -2.30. The highest BCUT2D eigenvalue weighted by Gasteiger charge is 2.47. The standard InChI is InChI=1S/C29H39NO6/c1-8-13-23(31)25(26(35-11-4)36-28(34)29(9-2,10-3)27(32)33)22-15-12-14-21(30-22)24-19(6)16-18(5)17-20(24)7/h12,14-17,25-26H,8-11,13H2,1-7H3,(H,32,33). The molecule has 0 radical (unpaired) electrons. The van der Waals surface area contributed by atoms with Gasteiger partial charge in [0.15, 0.2) is 5.41 Å². The van der Waals surface area contributed by atoms with E-state index in [9.17, 15) is 19.5 Å². The van der Waals surface area contributed by atoms with E-state index < -0.39 is 29.6 Å². The lowest BCUT2D eigenvalue weighted by Crippen LogP contribution is -2.44. The molecule has 0 aliphatic rings. The third-order valence-electron chi connectivity index (χ3n) is 6.70. The van der Waals surface area contributed by atoms with Gasteiger partial charge in [0.05, 0.1) is 11.4 Å². The van der Waals surface area contributed by atoms with Crippen molar-refractivity contribution in [2.75, 3.05) is 6.61 Å². The molecule has 2 aromatic rings. The summed E-state index contributed by atoms with van der Waals surface area (Å²) >= 11 is 0. The van der Waals surface area contributed by atoms with Crippen LogP contribution < -0.4 is 0 Å². The number of nitrogens with zero attached hydrogens (tertiary/aromatic N) is 1. The van der Waals surface area contributed by atoms with E-state index in [4.69, 9.17) is 14.5 Å². The maximum absolute atomic E-state index is 13.4. The fourth-order valence-corrected chi connectivity index (χ4v) is 4.72. The molecule has 0 fully saturated rings. The Morgan fingerprint density at radius 1 is 1.00 bits per heavy atom. The molecule has 0 saturated carbocycles. The van der Waals surface area contributed by atoms with Crippen molar-refractivity contribution in [1.82, 2.24) is 4.98 Å². The topological polar surface area (TPSA) is 103 Å². The van der Waals surface area contributed by atoms with Crippen LogP contribution in [0.25, 0.3) is 11.3 Å². The molecule has 2 rings (SSSR count). The van der Waals surface area contributed by atoms with Gasteiger partial charge in [0.1, 0.15) is 11.7 Å². The van der Waals surface area contributed by atoms with Crippen LogP contribution >= 0.6 is 0 Å². The number of pyridine rings is 1.